The monoisotopic (exact) mass is 303 g/mol. The van der Waals surface area contributed by atoms with E-state index in [4.69, 9.17) is 5.11 Å². The molecule has 108 valence electrons. The van der Waals surface area contributed by atoms with Crippen molar-refractivity contribution in [2.24, 2.45) is 0 Å². The molecule has 0 radical (unpaired) electrons. The van der Waals surface area contributed by atoms with Gasteiger partial charge in [0.1, 0.15) is 11.4 Å². The SMILES string of the molecule is O=C(O)c1cccc(C(=O)Nc2nc3c(s2)CCCC3)n1. The van der Waals surface area contributed by atoms with E-state index in [1.165, 1.54) is 34.4 Å². The summed E-state index contributed by atoms with van der Waals surface area (Å²) in [7, 11) is 0. The largest absolute Gasteiger partial charge is 0.477 e. The Kier molecular flexibility index (Phi) is 3.66. The van der Waals surface area contributed by atoms with Crippen LogP contribution in [0.4, 0.5) is 5.13 Å². The highest BCUT2D eigenvalue weighted by Crippen LogP contribution is 2.29. The normalized spacial score (nSPS) is 13.5. The molecule has 6 nitrogen and oxygen atoms in total. The molecule has 1 aliphatic carbocycles. The van der Waals surface area contributed by atoms with E-state index in [-0.39, 0.29) is 11.4 Å². The predicted molar refractivity (Wildman–Crippen MR) is 77.9 cm³/mol. The Balaban J connectivity index is 1.78. The zero-order valence-corrected chi connectivity index (χ0v) is 11.9. The summed E-state index contributed by atoms with van der Waals surface area (Å²) < 4.78 is 0. The number of fused-ring (bicyclic) bond motifs is 1. The van der Waals surface area contributed by atoms with Crippen LogP contribution in [0, 0.1) is 0 Å². The van der Waals surface area contributed by atoms with E-state index in [0.29, 0.717) is 5.13 Å². The lowest BCUT2D eigenvalue weighted by Crippen LogP contribution is -2.15. The molecule has 2 heterocycles. The molecule has 2 N–H and O–H groups in total. The number of carbonyl (C=O) groups excluding carboxylic acids is 1. The summed E-state index contributed by atoms with van der Waals surface area (Å²) in [5.41, 5.74) is 0.984. The number of nitrogens with zero attached hydrogens (tertiary/aromatic N) is 2. The van der Waals surface area contributed by atoms with Crippen LogP contribution in [0.3, 0.4) is 0 Å². The average molecular weight is 303 g/mol. The van der Waals surface area contributed by atoms with Gasteiger partial charge in [0.25, 0.3) is 5.91 Å². The fourth-order valence-corrected chi connectivity index (χ4v) is 3.29. The van der Waals surface area contributed by atoms with Gasteiger partial charge in [0.05, 0.1) is 5.69 Å². The highest BCUT2D eigenvalue weighted by atomic mass is 32.1. The number of aryl methyl sites for hydroxylation is 2. The molecular weight excluding hydrogens is 290 g/mol. The maximum atomic E-state index is 12.1. The molecule has 0 spiro atoms. The van der Waals surface area contributed by atoms with Crippen LogP contribution in [0.5, 0.6) is 0 Å². The van der Waals surface area contributed by atoms with Crippen LogP contribution in [0.15, 0.2) is 18.2 Å². The number of hydrogen-bond acceptors (Lipinski definition) is 5. The highest BCUT2D eigenvalue weighted by molar-refractivity contribution is 7.15. The lowest BCUT2D eigenvalue weighted by molar-refractivity contribution is 0.0690. The molecule has 0 saturated carbocycles. The van der Waals surface area contributed by atoms with Gasteiger partial charge in [-0.25, -0.2) is 14.8 Å². The third-order valence-electron chi connectivity index (χ3n) is 3.27. The zero-order valence-electron chi connectivity index (χ0n) is 11.1. The molecule has 1 aliphatic rings. The third-order valence-corrected chi connectivity index (χ3v) is 4.34. The molecule has 0 bridgehead atoms. The van der Waals surface area contributed by atoms with Gasteiger partial charge in [-0.15, -0.1) is 11.3 Å². The quantitative estimate of drug-likeness (QED) is 0.908. The van der Waals surface area contributed by atoms with Crippen LogP contribution >= 0.6 is 11.3 Å². The van der Waals surface area contributed by atoms with Crippen LogP contribution in [-0.4, -0.2) is 27.0 Å². The number of aromatic nitrogens is 2. The molecule has 0 unspecified atom stereocenters. The summed E-state index contributed by atoms with van der Waals surface area (Å²) in [6, 6.07) is 4.33. The summed E-state index contributed by atoms with van der Waals surface area (Å²) in [6.45, 7) is 0. The van der Waals surface area contributed by atoms with Gasteiger partial charge in [-0.1, -0.05) is 6.07 Å². The second-order valence-corrected chi connectivity index (χ2v) is 5.85. The second-order valence-electron chi connectivity index (χ2n) is 4.76. The number of rotatable bonds is 3. The molecule has 3 rings (SSSR count). The van der Waals surface area contributed by atoms with Crippen molar-refractivity contribution in [1.82, 2.24) is 9.97 Å². The number of hydrogen-bond donors (Lipinski definition) is 2. The Morgan fingerprint density at radius 1 is 1.14 bits per heavy atom. The van der Waals surface area contributed by atoms with E-state index < -0.39 is 11.9 Å². The minimum atomic E-state index is -1.16. The van der Waals surface area contributed by atoms with Crippen LogP contribution < -0.4 is 5.32 Å². The Morgan fingerprint density at radius 3 is 2.67 bits per heavy atom. The first-order chi connectivity index (χ1) is 10.1. The van der Waals surface area contributed by atoms with Gasteiger partial charge in [-0.2, -0.15) is 0 Å². The number of aromatic carboxylic acids is 1. The number of pyridine rings is 1. The minimum absolute atomic E-state index is 0.0723. The smallest absolute Gasteiger partial charge is 0.354 e. The molecule has 2 aromatic rings. The highest BCUT2D eigenvalue weighted by Gasteiger charge is 2.18. The van der Waals surface area contributed by atoms with E-state index in [1.807, 2.05) is 0 Å². The second kappa shape index (κ2) is 5.61. The molecule has 21 heavy (non-hydrogen) atoms. The van der Waals surface area contributed by atoms with Crippen molar-refractivity contribution in [3.63, 3.8) is 0 Å². The van der Waals surface area contributed by atoms with Gasteiger partial charge in [-0.05, 0) is 37.8 Å². The number of anilines is 1. The molecule has 0 aliphatic heterocycles. The van der Waals surface area contributed by atoms with Gasteiger partial charge < -0.3 is 5.11 Å². The minimum Gasteiger partial charge on any atom is -0.477 e. The first-order valence-electron chi connectivity index (χ1n) is 6.64. The van der Waals surface area contributed by atoms with Gasteiger partial charge in [-0.3, -0.25) is 10.1 Å². The third kappa shape index (κ3) is 2.92. The van der Waals surface area contributed by atoms with Crippen molar-refractivity contribution >= 4 is 28.3 Å². The van der Waals surface area contributed by atoms with Gasteiger partial charge in [0.15, 0.2) is 5.13 Å². The van der Waals surface area contributed by atoms with Crippen molar-refractivity contribution in [1.29, 1.82) is 0 Å². The Morgan fingerprint density at radius 2 is 1.90 bits per heavy atom. The fourth-order valence-electron chi connectivity index (χ4n) is 2.25. The molecule has 0 fully saturated rings. The lowest BCUT2D eigenvalue weighted by atomic mass is 10.0. The zero-order chi connectivity index (χ0) is 14.8. The Hall–Kier alpha value is -2.28. The molecule has 7 heteroatoms. The van der Waals surface area contributed by atoms with E-state index in [1.54, 1.807) is 0 Å². The number of carbonyl (C=O) groups is 2. The maximum Gasteiger partial charge on any atom is 0.354 e. The van der Waals surface area contributed by atoms with Gasteiger partial charge in [0, 0.05) is 4.88 Å². The van der Waals surface area contributed by atoms with E-state index >= 15 is 0 Å². The first kappa shape index (κ1) is 13.7. The number of nitrogens with one attached hydrogen (secondary N) is 1. The molecule has 0 atom stereocenters. The summed E-state index contributed by atoms with van der Waals surface area (Å²) >= 11 is 1.48. The number of amides is 1. The molecule has 1 amide bonds. The number of thiazole rings is 1. The van der Waals surface area contributed by atoms with E-state index in [0.717, 1.165) is 31.4 Å². The Labute approximate surface area is 124 Å². The molecule has 0 aromatic carbocycles. The lowest BCUT2D eigenvalue weighted by Gasteiger charge is -2.06. The standard InChI is InChI=1S/C14H13N3O3S/c18-12(9-5-3-6-10(15-9)13(19)20)17-14-16-8-4-1-2-7-11(8)21-14/h3,5-6H,1-2,4,7H2,(H,19,20)(H,16,17,18). The van der Waals surface area contributed by atoms with Crippen molar-refractivity contribution in [2.75, 3.05) is 5.32 Å². The topological polar surface area (TPSA) is 92.2 Å². The van der Waals surface area contributed by atoms with E-state index in [2.05, 4.69) is 15.3 Å². The average Bonchev–Trinajstić information content (AvgIpc) is 2.89. The summed E-state index contributed by atoms with van der Waals surface area (Å²) in [5, 5.41) is 12.1. The van der Waals surface area contributed by atoms with Gasteiger partial charge in [0.2, 0.25) is 0 Å². The summed E-state index contributed by atoms with van der Waals surface area (Å²) in [4.78, 5) is 32.4. The summed E-state index contributed by atoms with van der Waals surface area (Å²) in [5.74, 6) is -1.60. The van der Waals surface area contributed by atoms with Crippen LogP contribution in [0.1, 0.15) is 44.4 Å². The number of carboxylic acids is 1. The molecular formula is C14H13N3O3S. The van der Waals surface area contributed by atoms with E-state index in [9.17, 15) is 9.59 Å². The number of carboxylic acid groups (broad SMARTS) is 1. The van der Waals surface area contributed by atoms with Crippen molar-refractivity contribution in [3.05, 3.63) is 40.2 Å². The molecule has 2 aromatic heterocycles. The van der Waals surface area contributed by atoms with Crippen molar-refractivity contribution in [2.45, 2.75) is 25.7 Å². The van der Waals surface area contributed by atoms with Crippen LogP contribution in [0.2, 0.25) is 0 Å². The van der Waals surface area contributed by atoms with Crippen molar-refractivity contribution in [3.8, 4) is 0 Å². The first-order valence-corrected chi connectivity index (χ1v) is 7.45. The summed E-state index contributed by atoms with van der Waals surface area (Å²) in [6.07, 6.45) is 4.25. The molecule has 0 saturated heterocycles. The van der Waals surface area contributed by atoms with Crippen molar-refractivity contribution < 1.29 is 14.7 Å². The van der Waals surface area contributed by atoms with Gasteiger partial charge >= 0.3 is 5.97 Å². The predicted octanol–water partition coefficient (Wildman–Crippen LogP) is 2.37. The maximum absolute atomic E-state index is 12.1. The van der Waals surface area contributed by atoms with Crippen LogP contribution in [0.25, 0.3) is 0 Å². The fraction of sp³-hybridized carbons (Fsp3) is 0.286. The Bertz CT molecular complexity index is 688. The van der Waals surface area contributed by atoms with Crippen LogP contribution in [-0.2, 0) is 12.8 Å².